The Morgan fingerprint density at radius 2 is 1.96 bits per heavy atom. The van der Waals surface area contributed by atoms with Gasteiger partial charge >= 0.3 is 0 Å². The van der Waals surface area contributed by atoms with Crippen LogP contribution in [0.4, 0.5) is 0 Å². The summed E-state index contributed by atoms with van der Waals surface area (Å²) in [5.41, 5.74) is 2.70. The molecule has 1 N–H and O–H groups in total. The van der Waals surface area contributed by atoms with Crippen molar-refractivity contribution in [2.45, 2.75) is 45.1 Å². The predicted octanol–water partition coefficient (Wildman–Crippen LogP) is 3.25. The van der Waals surface area contributed by atoms with Gasteiger partial charge < -0.3 is 14.8 Å². The quantitative estimate of drug-likeness (QED) is 0.871. The average Bonchev–Trinajstić information content (AvgIpc) is 3.05. The van der Waals surface area contributed by atoms with E-state index in [-0.39, 0.29) is 29.8 Å². The van der Waals surface area contributed by atoms with E-state index in [4.69, 9.17) is 0 Å². The molecule has 6 heteroatoms. The lowest BCUT2D eigenvalue weighted by Crippen LogP contribution is -2.49. The third-order valence-corrected chi connectivity index (χ3v) is 5.17. The molecule has 0 radical (unpaired) electrons. The molecule has 0 spiro atoms. The van der Waals surface area contributed by atoms with Gasteiger partial charge in [-0.25, -0.2) is 4.98 Å². The number of halogens is 1. The van der Waals surface area contributed by atoms with E-state index < -0.39 is 0 Å². The molecule has 3 rings (SSSR count). The maximum absolute atomic E-state index is 12.9. The minimum atomic E-state index is 0. The molecule has 1 unspecified atom stereocenters. The molecule has 0 saturated carbocycles. The number of carbonyl (C=O) groups excluding carboxylic acids is 1. The number of aryl methyl sites for hydroxylation is 2. The van der Waals surface area contributed by atoms with Crippen LogP contribution >= 0.6 is 12.4 Å². The van der Waals surface area contributed by atoms with Gasteiger partial charge in [0.05, 0.1) is 0 Å². The second kappa shape index (κ2) is 8.89. The standard InChI is InChI=1S/C21H30N4O.ClH/c1-21(2,3)17-8-5-16(6-9-17)7-10-19(26)25-14-11-22-15-18(25)20-23-12-13-24(20)4;/h5-6,8-9,12-13,18,22H,7,10-11,14-15H2,1-4H3;1H. The first-order chi connectivity index (χ1) is 12.4. The number of benzene rings is 1. The first kappa shape index (κ1) is 21.5. The van der Waals surface area contributed by atoms with Crippen LogP contribution in [0.1, 0.15) is 50.2 Å². The Bertz CT molecular complexity index is 748. The Kier molecular flexibility index (Phi) is 7.06. The van der Waals surface area contributed by atoms with Crippen molar-refractivity contribution in [3.05, 3.63) is 53.6 Å². The van der Waals surface area contributed by atoms with Crippen molar-refractivity contribution in [1.29, 1.82) is 0 Å². The summed E-state index contributed by atoms with van der Waals surface area (Å²) in [6, 6.07) is 8.69. The minimum Gasteiger partial charge on any atom is -0.336 e. The molecule has 27 heavy (non-hydrogen) atoms. The number of piperazine rings is 1. The summed E-state index contributed by atoms with van der Waals surface area (Å²) >= 11 is 0. The zero-order valence-electron chi connectivity index (χ0n) is 16.7. The topological polar surface area (TPSA) is 50.2 Å². The number of nitrogens with one attached hydrogen (secondary N) is 1. The van der Waals surface area contributed by atoms with Crippen LogP contribution in [0.5, 0.6) is 0 Å². The van der Waals surface area contributed by atoms with E-state index in [1.807, 2.05) is 22.7 Å². The summed E-state index contributed by atoms with van der Waals surface area (Å²) in [4.78, 5) is 19.3. The summed E-state index contributed by atoms with van der Waals surface area (Å²) in [7, 11) is 1.98. The highest BCUT2D eigenvalue weighted by Gasteiger charge is 2.30. The van der Waals surface area contributed by atoms with Crippen LogP contribution in [-0.4, -0.2) is 40.0 Å². The first-order valence-corrected chi connectivity index (χ1v) is 9.43. The van der Waals surface area contributed by atoms with Crippen molar-refractivity contribution in [3.63, 3.8) is 0 Å². The van der Waals surface area contributed by atoms with E-state index >= 15 is 0 Å². The second-order valence-corrected chi connectivity index (χ2v) is 8.15. The van der Waals surface area contributed by atoms with Crippen molar-refractivity contribution < 1.29 is 4.79 Å². The highest BCUT2D eigenvalue weighted by molar-refractivity contribution is 5.85. The van der Waals surface area contributed by atoms with Crippen LogP contribution in [0.2, 0.25) is 0 Å². The molecule has 148 valence electrons. The van der Waals surface area contributed by atoms with Gasteiger partial charge in [-0.05, 0) is 23.0 Å². The average molecular weight is 391 g/mol. The lowest BCUT2D eigenvalue weighted by Gasteiger charge is -2.36. The normalized spacial score (nSPS) is 17.5. The van der Waals surface area contributed by atoms with Gasteiger partial charge in [0.25, 0.3) is 0 Å². The zero-order chi connectivity index (χ0) is 18.7. The fraction of sp³-hybridized carbons (Fsp3) is 0.524. The summed E-state index contributed by atoms with van der Waals surface area (Å²) in [5, 5.41) is 3.38. The molecule has 2 heterocycles. The van der Waals surface area contributed by atoms with E-state index in [9.17, 15) is 4.79 Å². The summed E-state index contributed by atoms with van der Waals surface area (Å²) in [6.07, 6.45) is 5.04. The van der Waals surface area contributed by atoms with Crippen LogP contribution in [0.3, 0.4) is 0 Å². The fourth-order valence-corrected chi connectivity index (χ4v) is 3.50. The van der Waals surface area contributed by atoms with Gasteiger partial charge in [-0.1, -0.05) is 45.0 Å². The predicted molar refractivity (Wildman–Crippen MR) is 111 cm³/mol. The molecule has 0 bridgehead atoms. The zero-order valence-corrected chi connectivity index (χ0v) is 17.6. The van der Waals surface area contributed by atoms with Gasteiger partial charge in [0, 0.05) is 45.5 Å². The van der Waals surface area contributed by atoms with E-state index in [0.29, 0.717) is 6.42 Å². The van der Waals surface area contributed by atoms with Crippen molar-refractivity contribution in [2.75, 3.05) is 19.6 Å². The molecule has 1 aromatic carbocycles. The smallest absolute Gasteiger partial charge is 0.223 e. The monoisotopic (exact) mass is 390 g/mol. The van der Waals surface area contributed by atoms with Gasteiger partial charge in [0.1, 0.15) is 11.9 Å². The molecule has 5 nitrogen and oxygen atoms in total. The third-order valence-electron chi connectivity index (χ3n) is 5.17. The molecule has 1 fully saturated rings. The van der Waals surface area contributed by atoms with Crippen LogP contribution in [0.15, 0.2) is 36.7 Å². The molecular formula is C21H31ClN4O. The molecule has 0 aliphatic carbocycles. The van der Waals surface area contributed by atoms with Crippen LogP contribution in [-0.2, 0) is 23.7 Å². The Morgan fingerprint density at radius 3 is 2.56 bits per heavy atom. The van der Waals surface area contributed by atoms with Crippen molar-refractivity contribution >= 4 is 18.3 Å². The molecule has 2 aromatic rings. The number of rotatable bonds is 4. The fourth-order valence-electron chi connectivity index (χ4n) is 3.50. The molecule has 1 aromatic heterocycles. The molecule has 1 aliphatic heterocycles. The van der Waals surface area contributed by atoms with E-state index in [1.165, 1.54) is 11.1 Å². The third kappa shape index (κ3) is 5.11. The molecule has 1 atom stereocenters. The number of nitrogens with zero attached hydrogens (tertiary/aromatic N) is 3. The maximum Gasteiger partial charge on any atom is 0.223 e. The largest absolute Gasteiger partial charge is 0.336 e. The number of carbonyl (C=O) groups is 1. The second-order valence-electron chi connectivity index (χ2n) is 8.15. The SMILES string of the molecule is Cl.Cn1ccnc1C1CNCCN1C(=O)CCc1ccc(C(C)(C)C)cc1. The molecule has 1 amide bonds. The Hall–Kier alpha value is -1.85. The Labute approximate surface area is 168 Å². The van der Waals surface area contributed by atoms with E-state index in [0.717, 1.165) is 31.9 Å². The number of imidazole rings is 1. The maximum atomic E-state index is 12.9. The van der Waals surface area contributed by atoms with Gasteiger partial charge in [-0.3, -0.25) is 4.79 Å². The molecule has 1 saturated heterocycles. The van der Waals surface area contributed by atoms with Gasteiger partial charge in [-0.2, -0.15) is 0 Å². The Morgan fingerprint density at radius 1 is 1.26 bits per heavy atom. The lowest BCUT2D eigenvalue weighted by molar-refractivity contribution is -0.134. The van der Waals surface area contributed by atoms with E-state index in [1.54, 1.807) is 6.20 Å². The highest BCUT2D eigenvalue weighted by Crippen LogP contribution is 2.24. The summed E-state index contributed by atoms with van der Waals surface area (Å²) in [5.74, 6) is 1.15. The summed E-state index contributed by atoms with van der Waals surface area (Å²) in [6.45, 7) is 8.98. The molecule has 1 aliphatic rings. The molecular weight excluding hydrogens is 360 g/mol. The van der Waals surface area contributed by atoms with Crippen LogP contribution in [0.25, 0.3) is 0 Å². The minimum absolute atomic E-state index is 0. The summed E-state index contributed by atoms with van der Waals surface area (Å²) < 4.78 is 2.00. The van der Waals surface area contributed by atoms with Crippen molar-refractivity contribution in [3.8, 4) is 0 Å². The van der Waals surface area contributed by atoms with Crippen LogP contribution < -0.4 is 5.32 Å². The van der Waals surface area contributed by atoms with Gasteiger partial charge in [0.2, 0.25) is 5.91 Å². The first-order valence-electron chi connectivity index (χ1n) is 9.43. The lowest BCUT2D eigenvalue weighted by atomic mass is 9.86. The van der Waals surface area contributed by atoms with Gasteiger partial charge in [0.15, 0.2) is 0 Å². The van der Waals surface area contributed by atoms with E-state index in [2.05, 4.69) is 55.3 Å². The van der Waals surface area contributed by atoms with Crippen molar-refractivity contribution in [2.24, 2.45) is 7.05 Å². The van der Waals surface area contributed by atoms with Gasteiger partial charge in [-0.15, -0.1) is 12.4 Å². The number of amides is 1. The van der Waals surface area contributed by atoms with Crippen molar-refractivity contribution in [1.82, 2.24) is 19.8 Å². The number of aromatic nitrogens is 2. The number of hydrogen-bond acceptors (Lipinski definition) is 3. The number of hydrogen-bond donors (Lipinski definition) is 1. The Balaban J connectivity index is 0.00000261. The highest BCUT2D eigenvalue weighted by atomic mass is 35.5. The van der Waals surface area contributed by atoms with Crippen LogP contribution in [0, 0.1) is 0 Å².